The summed E-state index contributed by atoms with van der Waals surface area (Å²) in [6.45, 7) is 2.60. The smallest absolute Gasteiger partial charge is 0.248 e. The molecule has 1 saturated heterocycles. The number of phenols is 1. The molecule has 0 atom stereocenters. The minimum Gasteiger partial charge on any atom is -0.506 e. The van der Waals surface area contributed by atoms with Crippen molar-refractivity contribution in [3.05, 3.63) is 27.7 Å². The van der Waals surface area contributed by atoms with Crippen molar-refractivity contribution in [3.63, 3.8) is 0 Å². The number of alkyl halides is 2. The van der Waals surface area contributed by atoms with Gasteiger partial charge in [0.2, 0.25) is 17.7 Å². The van der Waals surface area contributed by atoms with Crippen molar-refractivity contribution in [1.29, 1.82) is 0 Å². The van der Waals surface area contributed by atoms with Crippen LogP contribution in [0.15, 0.2) is 12.1 Å². The zero-order chi connectivity index (χ0) is 22.6. The molecule has 1 heterocycles. The number of hydrogen-bond donors (Lipinski definition) is 2. The molecule has 0 aromatic heterocycles. The van der Waals surface area contributed by atoms with Crippen LogP contribution in [0.5, 0.6) is 5.75 Å². The Kier molecular flexibility index (Phi) is 7.99. The van der Waals surface area contributed by atoms with Gasteiger partial charge in [0.05, 0.1) is 11.6 Å². The van der Waals surface area contributed by atoms with Crippen molar-refractivity contribution >= 4 is 35.0 Å². The standard InChI is InChI=1S/C21H27Cl2F2N3O3/c22-16-10-15(20(31)17(23)11-16)13-27-5-7-28(8-6-27)19(30)12-26-18(29)9-14-1-3-21(24,25)4-2-14/h10-11,14,31H,1-9,12-13H2,(H,26,29). The van der Waals surface area contributed by atoms with Crippen molar-refractivity contribution in [1.82, 2.24) is 15.1 Å². The highest BCUT2D eigenvalue weighted by Crippen LogP contribution is 2.37. The number of piperazine rings is 1. The van der Waals surface area contributed by atoms with Crippen LogP contribution in [0.1, 0.15) is 37.7 Å². The van der Waals surface area contributed by atoms with Gasteiger partial charge in [-0.15, -0.1) is 0 Å². The molecule has 1 aliphatic heterocycles. The summed E-state index contributed by atoms with van der Waals surface area (Å²) in [5, 5.41) is 13.4. The molecular formula is C21H27Cl2F2N3O3. The summed E-state index contributed by atoms with van der Waals surface area (Å²) < 4.78 is 26.4. The first kappa shape index (κ1) is 24.0. The summed E-state index contributed by atoms with van der Waals surface area (Å²) >= 11 is 12.0. The molecule has 1 aromatic carbocycles. The van der Waals surface area contributed by atoms with E-state index >= 15 is 0 Å². The molecule has 2 amide bonds. The highest BCUT2D eigenvalue weighted by molar-refractivity contribution is 6.35. The molecule has 31 heavy (non-hydrogen) atoms. The Morgan fingerprint density at radius 2 is 1.77 bits per heavy atom. The third kappa shape index (κ3) is 6.92. The number of nitrogens with zero attached hydrogens (tertiary/aromatic N) is 2. The molecule has 0 unspecified atom stereocenters. The molecule has 1 saturated carbocycles. The molecule has 0 radical (unpaired) electrons. The molecule has 1 aromatic rings. The largest absolute Gasteiger partial charge is 0.506 e. The first-order valence-corrected chi connectivity index (χ1v) is 11.2. The second-order valence-electron chi connectivity index (χ2n) is 8.33. The number of phenolic OH excluding ortho intramolecular Hbond substituents is 1. The van der Waals surface area contributed by atoms with Crippen LogP contribution < -0.4 is 5.32 Å². The highest BCUT2D eigenvalue weighted by Gasteiger charge is 2.35. The predicted molar refractivity (Wildman–Crippen MR) is 115 cm³/mol. The van der Waals surface area contributed by atoms with Crippen LogP contribution in [-0.4, -0.2) is 65.4 Å². The minimum absolute atomic E-state index is 0.00831. The van der Waals surface area contributed by atoms with Crippen LogP contribution in [0.25, 0.3) is 0 Å². The number of carbonyl (C=O) groups is 2. The molecular weight excluding hydrogens is 451 g/mol. The number of rotatable bonds is 6. The van der Waals surface area contributed by atoms with E-state index in [1.807, 2.05) is 0 Å². The molecule has 6 nitrogen and oxygen atoms in total. The van der Waals surface area contributed by atoms with Crippen LogP contribution in [0.4, 0.5) is 8.78 Å². The van der Waals surface area contributed by atoms with Gasteiger partial charge in [-0.2, -0.15) is 0 Å². The van der Waals surface area contributed by atoms with E-state index in [4.69, 9.17) is 23.2 Å². The van der Waals surface area contributed by atoms with Crippen molar-refractivity contribution in [2.24, 2.45) is 5.92 Å². The predicted octanol–water partition coefficient (Wildman–Crippen LogP) is 3.68. The Morgan fingerprint density at radius 3 is 2.42 bits per heavy atom. The zero-order valence-corrected chi connectivity index (χ0v) is 18.7. The van der Waals surface area contributed by atoms with Crippen LogP contribution in [0.3, 0.4) is 0 Å². The minimum atomic E-state index is -2.61. The number of hydrogen-bond acceptors (Lipinski definition) is 4. The first-order valence-electron chi connectivity index (χ1n) is 10.4. The molecule has 2 N–H and O–H groups in total. The number of aromatic hydroxyl groups is 1. The van der Waals surface area contributed by atoms with Gasteiger partial charge in [-0.1, -0.05) is 23.2 Å². The summed E-state index contributed by atoms with van der Waals surface area (Å²) in [5.74, 6) is -3.08. The van der Waals surface area contributed by atoms with E-state index in [9.17, 15) is 23.5 Å². The third-order valence-electron chi connectivity index (χ3n) is 5.97. The van der Waals surface area contributed by atoms with Crippen molar-refractivity contribution in [2.75, 3.05) is 32.7 Å². The van der Waals surface area contributed by atoms with Crippen LogP contribution in [-0.2, 0) is 16.1 Å². The van der Waals surface area contributed by atoms with Crippen LogP contribution in [0.2, 0.25) is 10.0 Å². The summed E-state index contributed by atoms with van der Waals surface area (Å²) in [6, 6.07) is 3.15. The quantitative estimate of drug-likeness (QED) is 0.655. The average Bonchev–Trinajstić information content (AvgIpc) is 2.72. The van der Waals surface area contributed by atoms with E-state index in [1.54, 1.807) is 11.0 Å². The fraction of sp³-hybridized carbons (Fsp3) is 0.619. The fourth-order valence-electron chi connectivity index (χ4n) is 4.06. The molecule has 2 aliphatic rings. The normalized spacial score (nSPS) is 19.9. The second kappa shape index (κ2) is 10.3. The lowest BCUT2D eigenvalue weighted by Crippen LogP contribution is -2.50. The molecule has 3 rings (SSSR count). The van der Waals surface area contributed by atoms with Gasteiger partial charge in [0.1, 0.15) is 5.75 Å². The number of nitrogens with one attached hydrogen (secondary N) is 1. The molecule has 10 heteroatoms. The molecule has 1 aliphatic carbocycles. The monoisotopic (exact) mass is 477 g/mol. The Hall–Kier alpha value is -1.64. The van der Waals surface area contributed by atoms with E-state index in [0.717, 1.165) is 0 Å². The number of benzene rings is 1. The van der Waals surface area contributed by atoms with Crippen LogP contribution in [0, 0.1) is 5.92 Å². The van der Waals surface area contributed by atoms with E-state index in [2.05, 4.69) is 10.2 Å². The van der Waals surface area contributed by atoms with Crippen molar-refractivity contribution in [2.45, 2.75) is 44.6 Å². The maximum Gasteiger partial charge on any atom is 0.248 e. The van der Waals surface area contributed by atoms with Gasteiger partial charge >= 0.3 is 0 Å². The first-order chi connectivity index (χ1) is 14.6. The maximum absolute atomic E-state index is 13.2. The average molecular weight is 478 g/mol. The molecule has 172 valence electrons. The third-order valence-corrected chi connectivity index (χ3v) is 6.48. The molecule has 0 spiro atoms. The van der Waals surface area contributed by atoms with Gasteiger partial charge in [-0.3, -0.25) is 14.5 Å². The lowest BCUT2D eigenvalue weighted by atomic mass is 9.84. The van der Waals surface area contributed by atoms with Crippen LogP contribution >= 0.6 is 23.2 Å². The van der Waals surface area contributed by atoms with E-state index < -0.39 is 5.92 Å². The Morgan fingerprint density at radius 1 is 1.13 bits per heavy atom. The van der Waals surface area contributed by atoms with Crippen molar-refractivity contribution in [3.8, 4) is 5.75 Å². The Balaban J connectivity index is 1.38. The fourth-order valence-corrected chi connectivity index (χ4v) is 4.60. The molecule has 2 fully saturated rings. The highest BCUT2D eigenvalue weighted by atomic mass is 35.5. The second-order valence-corrected chi connectivity index (χ2v) is 9.18. The van der Waals surface area contributed by atoms with Gasteiger partial charge in [0.15, 0.2) is 0 Å². The van der Waals surface area contributed by atoms with E-state index in [0.29, 0.717) is 56.2 Å². The summed E-state index contributed by atoms with van der Waals surface area (Å²) in [6.07, 6.45) is 0.511. The summed E-state index contributed by atoms with van der Waals surface area (Å²) in [4.78, 5) is 28.3. The van der Waals surface area contributed by atoms with E-state index in [-0.39, 0.29) is 54.3 Å². The van der Waals surface area contributed by atoms with E-state index in [1.165, 1.54) is 6.07 Å². The van der Waals surface area contributed by atoms with Gasteiger partial charge in [-0.05, 0) is 30.9 Å². The number of carbonyl (C=O) groups excluding carboxylic acids is 2. The van der Waals surface area contributed by atoms with Gasteiger partial charge in [-0.25, -0.2) is 8.78 Å². The number of amides is 2. The lowest BCUT2D eigenvalue weighted by molar-refractivity contribution is -0.134. The van der Waals surface area contributed by atoms with Gasteiger partial charge in [0.25, 0.3) is 0 Å². The van der Waals surface area contributed by atoms with Gasteiger partial charge in [0, 0.05) is 62.6 Å². The maximum atomic E-state index is 13.2. The SMILES string of the molecule is O=C(CC1CCC(F)(F)CC1)NCC(=O)N1CCN(Cc2cc(Cl)cc(Cl)c2O)CC1. The molecule has 0 bridgehead atoms. The topological polar surface area (TPSA) is 72.9 Å². The Labute approximate surface area is 190 Å². The summed E-state index contributed by atoms with van der Waals surface area (Å²) in [5.41, 5.74) is 0.630. The zero-order valence-electron chi connectivity index (χ0n) is 17.2. The van der Waals surface area contributed by atoms with Gasteiger partial charge < -0.3 is 15.3 Å². The summed E-state index contributed by atoms with van der Waals surface area (Å²) in [7, 11) is 0. The lowest BCUT2D eigenvalue weighted by Gasteiger charge is -2.35. The number of halogens is 4. The van der Waals surface area contributed by atoms with Crippen molar-refractivity contribution < 1.29 is 23.5 Å². The Bertz CT molecular complexity index is 807.